The summed E-state index contributed by atoms with van der Waals surface area (Å²) in [7, 11) is 0. The van der Waals surface area contributed by atoms with Gasteiger partial charge in [-0.1, -0.05) is 13.3 Å². The summed E-state index contributed by atoms with van der Waals surface area (Å²) in [6.07, 6.45) is 7.11. The summed E-state index contributed by atoms with van der Waals surface area (Å²) in [6, 6.07) is 0.237. The number of carbonyl (C=O) groups is 2. The monoisotopic (exact) mass is 270 g/mol. The molecule has 0 aromatic heterocycles. The highest BCUT2D eigenvalue weighted by Gasteiger charge is 2.19. The Morgan fingerprint density at radius 3 is 2.42 bits per heavy atom. The van der Waals surface area contributed by atoms with Crippen LogP contribution >= 0.6 is 0 Å². The van der Waals surface area contributed by atoms with Crippen LogP contribution in [0.1, 0.15) is 58.3 Å². The quantitative estimate of drug-likeness (QED) is 0.622. The molecule has 0 bridgehead atoms. The molecule has 3 N–H and O–H groups in total. The molecule has 0 aliphatic heterocycles. The molecule has 1 fully saturated rings. The number of carboxylic acids is 1. The van der Waals surface area contributed by atoms with Crippen molar-refractivity contribution in [3.8, 4) is 0 Å². The Balaban J connectivity index is 1.97. The molecule has 110 valence electrons. The van der Waals surface area contributed by atoms with E-state index < -0.39 is 5.97 Å². The van der Waals surface area contributed by atoms with Gasteiger partial charge in [-0.3, -0.25) is 4.79 Å². The Morgan fingerprint density at radius 1 is 1.11 bits per heavy atom. The first-order valence-electron chi connectivity index (χ1n) is 7.34. The molecule has 0 aromatic carbocycles. The summed E-state index contributed by atoms with van der Waals surface area (Å²) < 4.78 is 0. The summed E-state index contributed by atoms with van der Waals surface area (Å²) in [5.74, 6) is 0.0348. The summed E-state index contributed by atoms with van der Waals surface area (Å²) in [5, 5.41) is 14.3. The molecule has 1 rings (SSSR count). The lowest BCUT2D eigenvalue weighted by atomic mass is 9.87. The van der Waals surface area contributed by atoms with Crippen LogP contribution in [0.4, 0.5) is 4.79 Å². The number of unbranched alkanes of at least 4 members (excludes halogenated alkanes) is 2. The van der Waals surface area contributed by atoms with Gasteiger partial charge in [0.25, 0.3) is 0 Å². The number of urea groups is 1. The van der Waals surface area contributed by atoms with Gasteiger partial charge >= 0.3 is 12.0 Å². The third kappa shape index (κ3) is 7.70. The Hall–Kier alpha value is -1.26. The second-order valence-corrected chi connectivity index (χ2v) is 5.56. The average Bonchev–Trinajstić information content (AvgIpc) is 2.36. The summed E-state index contributed by atoms with van der Waals surface area (Å²) in [5.41, 5.74) is 0. The Kier molecular flexibility index (Phi) is 7.30. The van der Waals surface area contributed by atoms with Crippen molar-refractivity contribution in [3.05, 3.63) is 0 Å². The van der Waals surface area contributed by atoms with Crippen LogP contribution in [0.15, 0.2) is 0 Å². The van der Waals surface area contributed by atoms with E-state index in [1.165, 1.54) is 12.8 Å². The van der Waals surface area contributed by atoms with E-state index in [4.69, 9.17) is 5.11 Å². The normalized spacial score (nSPS) is 22.8. The van der Waals surface area contributed by atoms with Crippen molar-refractivity contribution >= 4 is 12.0 Å². The topological polar surface area (TPSA) is 78.4 Å². The molecule has 5 nitrogen and oxygen atoms in total. The van der Waals surface area contributed by atoms with Gasteiger partial charge in [0.1, 0.15) is 0 Å². The molecule has 0 radical (unpaired) electrons. The molecule has 0 aromatic rings. The fourth-order valence-corrected chi connectivity index (χ4v) is 2.42. The van der Waals surface area contributed by atoms with E-state index in [1.54, 1.807) is 0 Å². The minimum Gasteiger partial charge on any atom is -0.481 e. The predicted octanol–water partition coefficient (Wildman–Crippen LogP) is 2.51. The van der Waals surface area contributed by atoms with Gasteiger partial charge in [0.05, 0.1) is 0 Å². The number of carbonyl (C=O) groups excluding carboxylic acids is 1. The van der Waals surface area contributed by atoms with Crippen LogP contribution < -0.4 is 10.6 Å². The lowest BCUT2D eigenvalue weighted by Gasteiger charge is -2.26. The molecule has 2 amide bonds. The highest BCUT2D eigenvalue weighted by Crippen LogP contribution is 2.23. The van der Waals surface area contributed by atoms with Crippen LogP contribution in [0.25, 0.3) is 0 Å². The molecule has 0 heterocycles. The van der Waals surface area contributed by atoms with Gasteiger partial charge in [0.15, 0.2) is 0 Å². The fraction of sp³-hybridized carbons (Fsp3) is 0.857. The van der Waals surface area contributed by atoms with Crippen molar-refractivity contribution < 1.29 is 14.7 Å². The van der Waals surface area contributed by atoms with Gasteiger partial charge in [0, 0.05) is 19.0 Å². The zero-order valence-electron chi connectivity index (χ0n) is 11.8. The number of aliphatic carboxylic acids is 1. The van der Waals surface area contributed by atoms with Gasteiger partial charge in [-0.2, -0.15) is 0 Å². The van der Waals surface area contributed by atoms with E-state index in [0.717, 1.165) is 31.6 Å². The minimum atomic E-state index is -0.753. The second kappa shape index (κ2) is 8.77. The van der Waals surface area contributed by atoms with Gasteiger partial charge in [-0.25, -0.2) is 4.79 Å². The Bertz CT molecular complexity index is 286. The van der Waals surface area contributed by atoms with Crippen LogP contribution in [0.3, 0.4) is 0 Å². The smallest absolute Gasteiger partial charge is 0.315 e. The lowest BCUT2D eigenvalue weighted by Crippen LogP contribution is -2.43. The second-order valence-electron chi connectivity index (χ2n) is 5.56. The molecule has 5 heteroatoms. The van der Waals surface area contributed by atoms with Crippen LogP contribution in [0, 0.1) is 5.92 Å². The summed E-state index contributed by atoms with van der Waals surface area (Å²) in [4.78, 5) is 21.9. The highest BCUT2D eigenvalue weighted by molar-refractivity contribution is 5.74. The summed E-state index contributed by atoms with van der Waals surface area (Å²) in [6.45, 7) is 2.88. The SMILES string of the molecule is CC1CCC(NC(=O)NCCCCCC(=O)O)CC1. The van der Waals surface area contributed by atoms with E-state index in [2.05, 4.69) is 17.6 Å². The number of carboxylic acid groups (broad SMARTS) is 1. The molecule has 0 saturated heterocycles. The van der Waals surface area contributed by atoms with Crippen molar-refractivity contribution in [2.24, 2.45) is 5.92 Å². The summed E-state index contributed by atoms with van der Waals surface area (Å²) >= 11 is 0. The predicted molar refractivity (Wildman–Crippen MR) is 74.1 cm³/mol. The van der Waals surface area contributed by atoms with Crippen molar-refractivity contribution in [1.82, 2.24) is 10.6 Å². The first-order chi connectivity index (χ1) is 9.08. The molecule has 0 atom stereocenters. The number of hydrogen-bond donors (Lipinski definition) is 3. The number of nitrogens with one attached hydrogen (secondary N) is 2. The number of rotatable bonds is 7. The van der Waals surface area contributed by atoms with E-state index >= 15 is 0 Å². The van der Waals surface area contributed by atoms with Crippen molar-refractivity contribution in [1.29, 1.82) is 0 Å². The fourth-order valence-electron chi connectivity index (χ4n) is 2.42. The molecule has 1 aliphatic rings. The molecule has 1 saturated carbocycles. The van der Waals surface area contributed by atoms with Crippen molar-refractivity contribution in [3.63, 3.8) is 0 Å². The standard InChI is InChI=1S/C14H26N2O3/c1-11-6-8-12(9-7-11)16-14(19)15-10-4-2-3-5-13(17)18/h11-12H,2-10H2,1H3,(H,17,18)(H2,15,16,19). The first kappa shape index (κ1) is 15.8. The zero-order chi connectivity index (χ0) is 14.1. The Morgan fingerprint density at radius 2 is 1.79 bits per heavy atom. The maximum Gasteiger partial charge on any atom is 0.315 e. The zero-order valence-corrected chi connectivity index (χ0v) is 11.8. The third-order valence-electron chi connectivity index (χ3n) is 3.70. The molecular formula is C14H26N2O3. The molecule has 1 aliphatic carbocycles. The number of hydrogen-bond acceptors (Lipinski definition) is 2. The third-order valence-corrected chi connectivity index (χ3v) is 3.70. The number of amides is 2. The molecule has 0 spiro atoms. The van der Waals surface area contributed by atoms with E-state index in [-0.39, 0.29) is 12.5 Å². The largest absolute Gasteiger partial charge is 0.481 e. The highest BCUT2D eigenvalue weighted by atomic mass is 16.4. The van der Waals surface area contributed by atoms with Crippen molar-refractivity contribution in [2.45, 2.75) is 64.3 Å². The first-order valence-corrected chi connectivity index (χ1v) is 7.34. The van der Waals surface area contributed by atoms with E-state index in [1.807, 2.05) is 0 Å². The van der Waals surface area contributed by atoms with Crippen LogP contribution in [0.2, 0.25) is 0 Å². The van der Waals surface area contributed by atoms with Crippen molar-refractivity contribution in [2.75, 3.05) is 6.54 Å². The van der Waals surface area contributed by atoms with E-state index in [9.17, 15) is 9.59 Å². The van der Waals surface area contributed by atoms with Gasteiger partial charge in [-0.05, 0) is 44.4 Å². The van der Waals surface area contributed by atoms with Crippen LogP contribution in [0.5, 0.6) is 0 Å². The molecule has 19 heavy (non-hydrogen) atoms. The van der Waals surface area contributed by atoms with Gasteiger partial charge in [-0.15, -0.1) is 0 Å². The average molecular weight is 270 g/mol. The maximum absolute atomic E-state index is 11.6. The van der Waals surface area contributed by atoms with E-state index in [0.29, 0.717) is 19.0 Å². The Labute approximate surface area is 115 Å². The minimum absolute atomic E-state index is 0.0854. The molecule has 0 unspecified atom stereocenters. The maximum atomic E-state index is 11.6. The van der Waals surface area contributed by atoms with Gasteiger partial charge < -0.3 is 15.7 Å². The lowest BCUT2D eigenvalue weighted by molar-refractivity contribution is -0.137. The molecular weight excluding hydrogens is 244 g/mol. The van der Waals surface area contributed by atoms with Gasteiger partial charge in [0.2, 0.25) is 0 Å². The van der Waals surface area contributed by atoms with Crippen LogP contribution in [-0.4, -0.2) is 29.7 Å². The van der Waals surface area contributed by atoms with Crippen LogP contribution in [-0.2, 0) is 4.79 Å².